The highest BCUT2D eigenvalue weighted by atomic mass is 32.1. The number of carbonyl (C=O) groups is 2. The number of hydrogen-bond donors (Lipinski definition) is 2. The van der Waals surface area contributed by atoms with Gasteiger partial charge in [-0.3, -0.25) is 4.79 Å². The van der Waals surface area contributed by atoms with Crippen LogP contribution in [0.25, 0.3) is 0 Å². The maximum absolute atomic E-state index is 12.7. The van der Waals surface area contributed by atoms with Crippen LogP contribution in [0.15, 0.2) is 22.5 Å². The van der Waals surface area contributed by atoms with E-state index in [1.54, 1.807) is 30.3 Å². The summed E-state index contributed by atoms with van der Waals surface area (Å²) in [7, 11) is 3.46. The van der Waals surface area contributed by atoms with Crippen molar-refractivity contribution in [1.29, 1.82) is 0 Å². The summed E-state index contributed by atoms with van der Waals surface area (Å²) < 4.78 is 5.63. The van der Waals surface area contributed by atoms with Crippen LogP contribution in [0.1, 0.15) is 51.3 Å². The van der Waals surface area contributed by atoms with Gasteiger partial charge in [-0.05, 0) is 57.9 Å². The highest BCUT2D eigenvalue weighted by Gasteiger charge is 2.45. The second-order valence-corrected chi connectivity index (χ2v) is 10.5. The Bertz CT molecular complexity index is 774. The van der Waals surface area contributed by atoms with Crippen molar-refractivity contribution in [2.24, 2.45) is 4.99 Å². The molecule has 2 atom stereocenters. The lowest BCUT2D eigenvalue weighted by Gasteiger charge is -2.40. The maximum Gasteiger partial charge on any atom is 0.410 e. The van der Waals surface area contributed by atoms with Crippen LogP contribution in [-0.4, -0.2) is 72.1 Å². The van der Waals surface area contributed by atoms with Crippen molar-refractivity contribution in [3.63, 3.8) is 0 Å². The third kappa shape index (κ3) is 6.59. The van der Waals surface area contributed by atoms with E-state index in [1.165, 1.54) is 4.88 Å². The minimum absolute atomic E-state index is 0.0444. The van der Waals surface area contributed by atoms with Gasteiger partial charge in [0.05, 0.1) is 6.54 Å². The number of nitrogens with zero attached hydrogens (tertiary/aromatic N) is 3. The Labute approximate surface area is 189 Å². The van der Waals surface area contributed by atoms with Crippen molar-refractivity contribution >= 4 is 29.3 Å². The Morgan fingerprint density at radius 1 is 1.26 bits per heavy atom. The standard InChI is InChI=1S/C22H35N5O3S/c1-22(2,3)30-21(29)27-16-8-9-17(27)12-15(11-16)25-20(24-14-19(28)26(4)5)23-13-18-7-6-10-31-18/h6-7,10,15-17H,8-9,11-14H2,1-5H3,(H2,23,24,25). The van der Waals surface area contributed by atoms with E-state index >= 15 is 0 Å². The number of ether oxygens (including phenoxy) is 1. The average Bonchev–Trinajstić information content (AvgIpc) is 3.28. The molecule has 0 aliphatic carbocycles. The van der Waals surface area contributed by atoms with Crippen LogP contribution in [0.5, 0.6) is 0 Å². The van der Waals surface area contributed by atoms with E-state index in [0.29, 0.717) is 12.5 Å². The van der Waals surface area contributed by atoms with Crippen LogP contribution >= 0.6 is 11.3 Å². The lowest BCUT2D eigenvalue weighted by atomic mass is 9.98. The van der Waals surface area contributed by atoms with Crippen LogP contribution in [0.3, 0.4) is 0 Å². The number of piperidine rings is 1. The number of thiophene rings is 1. The zero-order valence-corrected chi connectivity index (χ0v) is 20.0. The van der Waals surface area contributed by atoms with Crippen molar-refractivity contribution in [1.82, 2.24) is 20.4 Å². The molecule has 2 saturated heterocycles. The van der Waals surface area contributed by atoms with Gasteiger partial charge in [-0.15, -0.1) is 11.3 Å². The van der Waals surface area contributed by atoms with Gasteiger partial charge in [-0.25, -0.2) is 9.79 Å². The smallest absolute Gasteiger partial charge is 0.410 e. The molecular weight excluding hydrogens is 414 g/mol. The summed E-state index contributed by atoms with van der Waals surface area (Å²) in [6.45, 7) is 6.45. The number of aliphatic imine (C=N–C) groups is 1. The summed E-state index contributed by atoms with van der Waals surface area (Å²) >= 11 is 1.68. The molecule has 2 fully saturated rings. The Kier molecular flexibility index (Phi) is 7.46. The fraction of sp³-hybridized carbons (Fsp3) is 0.682. The fourth-order valence-corrected chi connectivity index (χ4v) is 4.77. The highest BCUT2D eigenvalue weighted by Crippen LogP contribution is 2.36. The SMILES string of the molecule is CN(C)C(=O)CN=C(NCc1cccs1)NC1CC2CCC(C1)N2C(=O)OC(C)(C)C. The van der Waals surface area contributed by atoms with E-state index in [-0.39, 0.29) is 36.7 Å². The molecule has 8 nitrogen and oxygen atoms in total. The number of hydrogen-bond acceptors (Lipinski definition) is 5. The molecule has 172 valence electrons. The number of nitrogens with one attached hydrogen (secondary N) is 2. The van der Waals surface area contributed by atoms with Crippen molar-refractivity contribution in [3.05, 3.63) is 22.4 Å². The summed E-state index contributed by atoms with van der Waals surface area (Å²) in [6.07, 6.45) is 3.47. The molecule has 1 aromatic heterocycles. The van der Waals surface area contributed by atoms with E-state index in [9.17, 15) is 9.59 Å². The first-order valence-corrected chi connectivity index (χ1v) is 11.8. The van der Waals surface area contributed by atoms with E-state index in [0.717, 1.165) is 25.7 Å². The number of likely N-dealkylation sites (N-methyl/N-ethyl adjacent to an activating group) is 1. The van der Waals surface area contributed by atoms with Crippen molar-refractivity contribution in [2.75, 3.05) is 20.6 Å². The second kappa shape index (κ2) is 9.89. The predicted molar refractivity (Wildman–Crippen MR) is 123 cm³/mol. The number of amides is 2. The van der Waals surface area contributed by atoms with Crippen LogP contribution in [0, 0.1) is 0 Å². The first kappa shape index (κ1) is 23.4. The quantitative estimate of drug-likeness (QED) is 0.533. The highest BCUT2D eigenvalue weighted by molar-refractivity contribution is 7.09. The van der Waals surface area contributed by atoms with E-state index in [1.807, 2.05) is 37.1 Å². The van der Waals surface area contributed by atoms with Crippen LogP contribution in [0.2, 0.25) is 0 Å². The van der Waals surface area contributed by atoms with Crippen molar-refractivity contribution < 1.29 is 14.3 Å². The molecule has 2 bridgehead atoms. The molecule has 2 amide bonds. The molecule has 3 heterocycles. The lowest BCUT2D eigenvalue weighted by molar-refractivity contribution is -0.127. The molecule has 0 spiro atoms. The zero-order chi connectivity index (χ0) is 22.6. The molecule has 1 aromatic rings. The fourth-order valence-electron chi connectivity index (χ4n) is 4.13. The number of rotatable bonds is 5. The third-order valence-corrected chi connectivity index (χ3v) is 6.44. The maximum atomic E-state index is 12.7. The third-order valence-electron chi connectivity index (χ3n) is 5.56. The van der Waals surface area contributed by atoms with Gasteiger partial charge in [0.2, 0.25) is 5.91 Å². The normalized spacial score (nSPS) is 23.5. The molecule has 2 aliphatic heterocycles. The van der Waals surface area contributed by atoms with Crippen LogP contribution in [-0.2, 0) is 16.1 Å². The molecule has 31 heavy (non-hydrogen) atoms. The van der Waals surface area contributed by atoms with Crippen LogP contribution < -0.4 is 10.6 Å². The van der Waals surface area contributed by atoms with Gasteiger partial charge in [0, 0.05) is 37.1 Å². The lowest BCUT2D eigenvalue weighted by Crippen LogP contribution is -2.55. The molecule has 3 rings (SSSR count). The van der Waals surface area contributed by atoms with E-state index in [2.05, 4.69) is 21.7 Å². The Morgan fingerprint density at radius 2 is 1.94 bits per heavy atom. The van der Waals surface area contributed by atoms with Gasteiger partial charge < -0.3 is 25.2 Å². The zero-order valence-electron chi connectivity index (χ0n) is 19.2. The van der Waals surface area contributed by atoms with E-state index < -0.39 is 5.60 Å². The number of fused-ring (bicyclic) bond motifs is 2. The van der Waals surface area contributed by atoms with Gasteiger partial charge in [0.15, 0.2) is 5.96 Å². The Morgan fingerprint density at radius 3 is 2.48 bits per heavy atom. The van der Waals surface area contributed by atoms with Crippen molar-refractivity contribution in [2.45, 2.75) is 76.7 Å². The van der Waals surface area contributed by atoms with Gasteiger partial charge >= 0.3 is 6.09 Å². The van der Waals surface area contributed by atoms with Crippen molar-refractivity contribution in [3.8, 4) is 0 Å². The summed E-state index contributed by atoms with van der Waals surface area (Å²) in [5.41, 5.74) is -0.490. The molecule has 2 unspecified atom stereocenters. The second-order valence-electron chi connectivity index (χ2n) is 9.47. The first-order valence-electron chi connectivity index (χ1n) is 10.9. The summed E-state index contributed by atoms with van der Waals surface area (Å²) in [5.74, 6) is 0.593. The van der Waals surface area contributed by atoms with Gasteiger partial charge in [0.1, 0.15) is 12.1 Å². The molecule has 0 radical (unpaired) electrons. The number of carbonyl (C=O) groups excluding carboxylic acids is 2. The first-order chi connectivity index (χ1) is 14.6. The molecule has 0 aromatic carbocycles. The van der Waals surface area contributed by atoms with Gasteiger partial charge in [-0.1, -0.05) is 6.07 Å². The predicted octanol–water partition coefficient (Wildman–Crippen LogP) is 2.80. The molecular formula is C22H35N5O3S. The average molecular weight is 450 g/mol. The van der Waals surface area contributed by atoms with Crippen LogP contribution in [0.4, 0.5) is 4.79 Å². The Hall–Kier alpha value is -2.29. The topological polar surface area (TPSA) is 86.3 Å². The van der Waals surface area contributed by atoms with Gasteiger partial charge in [-0.2, -0.15) is 0 Å². The van der Waals surface area contributed by atoms with E-state index in [4.69, 9.17) is 4.74 Å². The van der Waals surface area contributed by atoms with Gasteiger partial charge in [0.25, 0.3) is 0 Å². The number of guanidine groups is 1. The monoisotopic (exact) mass is 449 g/mol. The molecule has 2 N–H and O–H groups in total. The molecule has 2 aliphatic rings. The summed E-state index contributed by atoms with van der Waals surface area (Å²) in [5, 5.41) is 8.91. The largest absolute Gasteiger partial charge is 0.444 e. The summed E-state index contributed by atoms with van der Waals surface area (Å²) in [4.78, 5) is 33.9. The Balaban J connectivity index is 1.62. The summed E-state index contributed by atoms with van der Waals surface area (Å²) in [6, 6.07) is 4.63. The minimum atomic E-state index is -0.490. The minimum Gasteiger partial charge on any atom is -0.444 e. The molecule has 0 saturated carbocycles. The molecule has 9 heteroatoms.